The van der Waals surface area contributed by atoms with Crippen molar-refractivity contribution in [3.05, 3.63) is 58.4 Å². The molecule has 1 saturated heterocycles. The van der Waals surface area contributed by atoms with Crippen LogP contribution < -0.4 is 5.32 Å². The quantitative estimate of drug-likeness (QED) is 0.464. The second kappa shape index (κ2) is 8.29. The van der Waals surface area contributed by atoms with Crippen molar-refractivity contribution < 1.29 is 33.8 Å². The molecular weight excluding hydrogens is 420 g/mol. The van der Waals surface area contributed by atoms with Crippen LogP contribution >= 0.6 is 24.0 Å². The molecule has 0 unspecified atom stereocenters. The molecule has 0 spiro atoms. The minimum absolute atomic E-state index is 0.153. The molecule has 1 aliphatic rings. The fourth-order valence-corrected chi connectivity index (χ4v) is 3.67. The number of anilines is 1. The molecule has 0 aliphatic carbocycles. The van der Waals surface area contributed by atoms with Gasteiger partial charge in [0.25, 0.3) is 5.91 Å². The standard InChI is InChI=1S/C18H12N2O7S2/c21-14(19-12-6-9(16(23)24)3-4-11(12)17(25)26)8-20-15(22)13(29-18(20)28)7-10-2-1-5-27-10/h1-7H,8H2,(H,19,21)(H,23,24)(H,25,26)/b13-7-. The number of rotatable bonds is 6. The highest BCUT2D eigenvalue weighted by Crippen LogP contribution is 2.32. The summed E-state index contributed by atoms with van der Waals surface area (Å²) in [4.78, 5) is 48.7. The van der Waals surface area contributed by atoms with Crippen LogP contribution in [0.15, 0.2) is 45.9 Å². The number of nitrogens with zero attached hydrogens (tertiary/aromatic N) is 1. The van der Waals surface area contributed by atoms with E-state index in [1.807, 2.05) is 0 Å². The molecule has 0 atom stereocenters. The summed E-state index contributed by atoms with van der Waals surface area (Å²) in [5, 5.41) is 20.6. The largest absolute Gasteiger partial charge is 0.478 e. The lowest BCUT2D eigenvalue weighted by Crippen LogP contribution is -2.36. The summed E-state index contributed by atoms with van der Waals surface area (Å²) in [5.74, 6) is -3.40. The first kappa shape index (κ1) is 20.3. The monoisotopic (exact) mass is 432 g/mol. The maximum Gasteiger partial charge on any atom is 0.337 e. The lowest BCUT2D eigenvalue weighted by molar-refractivity contribution is -0.126. The Morgan fingerprint density at radius 1 is 1.21 bits per heavy atom. The van der Waals surface area contributed by atoms with Crippen LogP contribution in [0.25, 0.3) is 6.08 Å². The van der Waals surface area contributed by atoms with Gasteiger partial charge in [-0.15, -0.1) is 0 Å². The number of thiocarbonyl (C=S) groups is 1. The number of furan rings is 1. The number of hydrogen-bond acceptors (Lipinski definition) is 7. The number of hydrogen-bond donors (Lipinski definition) is 3. The van der Waals surface area contributed by atoms with Crippen molar-refractivity contribution in [3.63, 3.8) is 0 Å². The summed E-state index contributed by atoms with van der Waals surface area (Å²) >= 11 is 6.14. The number of carbonyl (C=O) groups is 4. The molecule has 29 heavy (non-hydrogen) atoms. The van der Waals surface area contributed by atoms with Crippen molar-refractivity contribution in [2.75, 3.05) is 11.9 Å². The van der Waals surface area contributed by atoms with E-state index in [1.165, 1.54) is 12.3 Å². The van der Waals surface area contributed by atoms with Crippen molar-refractivity contribution in [2.24, 2.45) is 0 Å². The molecule has 1 aliphatic heterocycles. The maximum absolute atomic E-state index is 12.5. The van der Waals surface area contributed by atoms with E-state index >= 15 is 0 Å². The van der Waals surface area contributed by atoms with Gasteiger partial charge in [0.2, 0.25) is 5.91 Å². The average molecular weight is 432 g/mol. The molecule has 3 N–H and O–H groups in total. The lowest BCUT2D eigenvalue weighted by Gasteiger charge is -2.15. The van der Waals surface area contributed by atoms with E-state index in [0.29, 0.717) is 5.76 Å². The van der Waals surface area contributed by atoms with Crippen LogP contribution in [0.3, 0.4) is 0 Å². The van der Waals surface area contributed by atoms with Crippen LogP contribution in [-0.2, 0) is 9.59 Å². The van der Waals surface area contributed by atoms with E-state index in [-0.39, 0.29) is 26.0 Å². The van der Waals surface area contributed by atoms with E-state index in [4.69, 9.17) is 21.7 Å². The first-order valence-corrected chi connectivity index (χ1v) is 9.18. The van der Waals surface area contributed by atoms with E-state index in [9.17, 15) is 24.3 Å². The van der Waals surface area contributed by atoms with Crippen molar-refractivity contribution in [3.8, 4) is 0 Å². The zero-order valence-electron chi connectivity index (χ0n) is 14.4. The van der Waals surface area contributed by atoms with Gasteiger partial charge in [0.1, 0.15) is 16.6 Å². The number of aromatic carboxylic acids is 2. The van der Waals surface area contributed by atoms with Gasteiger partial charge in [-0.05, 0) is 30.3 Å². The minimum atomic E-state index is -1.34. The Balaban J connectivity index is 1.76. The summed E-state index contributed by atoms with van der Waals surface area (Å²) in [7, 11) is 0. The van der Waals surface area contributed by atoms with E-state index < -0.39 is 30.3 Å². The van der Waals surface area contributed by atoms with E-state index in [0.717, 1.165) is 34.9 Å². The Labute approximate surface area is 173 Å². The second-order valence-corrected chi connectivity index (χ2v) is 7.38. The molecule has 2 amide bonds. The van der Waals surface area contributed by atoms with Gasteiger partial charge in [0.15, 0.2) is 0 Å². The zero-order chi connectivity index (χ0) is 21.1. The third kappa shape index (κ3) is 4.52. The Bertz CT molecular complexity index is 1060. The highest BCUT2D eigenvalue weighted by Gasteiger charge is 2.33. The summed E-state index contributed by atoms with van der Waals surface area (Å²) in [5.41, 5.74) is -0.678. The zero-order valence-corrected chi connectivity index (χ0v) is 16.1. The number of benzene rings is 1. The fourth-order valence-electron chi connectivity index (χ4n) is 2.44. The number of nitrogens with one attached hydrogen (secondary N) is 1. The highest BCUT2D eigenvalue weighted by atomic mass is 32.2. The van der Waals surface area contributed by atoms with Crippen molar-refractivity contribution in [2.45, 2.75) is 0 Å². The Morgan fingerprint density at radius 2 is 1.97 bits per heavy atom. The molecule has 1 fully saturated rings. The van der Waals surface area contributed by atoms with Crippen LogP contribution in [-0.4, -0.2) is 49.7 Å². The Hall–Kier alpha value is -3.44. The number of amides is 2. The van der Waals surface area contributed by atoms with Crippen LogP contribution in [0.5, 0.6) is 0 Å². The molecule has 1 aromatic heterocycles. The molecule has 9 nitrogen and oxygen atoms in total. The van der Waals surface area contributed by atoms with Crippen LogP contribution in [0.4, 0.5) is 5.69 Å². The number of carboxylic acid groups (broad SMARTS) is 2. The van der Waals surface area contributed by atoms with Gasteiger partial charge in [0, 0.05) is 6.08 Å². The molecule has 0 bridgehead atoms. The minimum Gasteiger partial charge on any atom is -0.478 e. The van der Waals surface area contributed by atoms with Crippen molar-refractivity contribution in [1.29, 1.82) is 0 Å². The van der Waals surface area contributed by atoms with Crippen LogP contribution in [0, 0.1) is 0 Å². The fraction of sp³-hybridized carbons (Fsp3) is 0.0556. The molecule has 0 radical (unpaired) electrons. The normalized spacial score (nSPS) is 15.0. The van der Waals surface area contributed by atoms with Gasteiger partial charge in [-0.1, -0.05) is 24.0 Å². The maximum atomic E-state index is 12.5. The third-order valence-electron chi connectivity index (χ3n) is 3.76. The first-order chi connectivity index (χ1) is 13.8. The highest BCUT2D eigenvalue weighted by molar-refractivity contribution is 8.26. The predicted molar refractivity (Wildman–Crippen MR) is 108 cm³/mol. The van der Waals surface area contributed by atoms with Gasteiger partial charge in [0.05, 0.1) is 28.0 Å². The smallest absolute Gasteiger partial charge is 0.337 e. The molecule has 3 rings (SSSR count). The van der Waals surface area contributed by atoms with Crippen LogP contribution in [0.1, 0.15) is 26.5 Å². The summed E-state index contributed by atoms with van der Waals surface area (Å²) in [6.45, 7) is -0.462. The van der Waals surface area contributed by atoms with E-state index in [1.54, 1.807) is 12.1 Å². The Morgan fingerprint density at radius 3 is 2.59 bits per heavy atom. The molecule has 11 heteroatoms. The molecule has 2 aromatic rings. The third-order valence-corrected chi connectivity index (χ3v) is 5.14. The topological polar surface area (TPSA) is 137 Å². The van der Waals surface area contributed by atoms with Gasteiger partial charge in [-0.25, -0.2) is 9.59 Å². The average Bonchev–Trinajstić information content (AvgIpc) is 3.25. The van der Waals surface area contributed by atoms with Gasteiger partial charge >= 0.3 is 11.9 Å². The summed E-state index contributed by atoms with van der Waals surface area (Å²) in [6, 6.07) is 6.54. The second-order valence-electron chi connectivity index (χ2n) is 5.70. The molecule has 148 valence electrons. The molecule has 0 saturated carbocycles. The number of thioether (sulfide) groups is 1. The predicted octanol–water partition coefficient (Wildman–Crippen LogP) is 2.52. The molecule has 1 aromatic carbocycles. The lowest BCUT2D eigenvalue weighted by atomic mass is 10.1. The Kier molecular flexibility index (Phi) is 5.80. The number of carbonyl (C=O) groups excluding carboxylic acids is 2. The van der Waals surface area contributed by atoms with E-state index in [2.05, 4.69) is 5.32 Å². The van der Waals surface area contributed by atoms with Gasteiger partial charge in [-0.3, -0.25) is 14.5 Å². The van der Waals surface area contributed by atoms with Crippen LogP contribution in [0.2, 0.25) is 0 Å². The summed E-state index contributed by atoms with van der Waals surface area (Å²) < 4.78 is 5.31. The SMILES string of the molecule is O=C(CN1C(=O)/C(=C/c2ccco2)SC1=S)Nc1cc(C(=O)O)ccc1C(=O)O. The van der Waals surface area contributed by atoms with Crippen molar-refractivity contribution >= 4 is 63.8 Å². The van der Waals surface area contributed by atoms with Gasteiger partial charge in [-0.2, -0.15) is 0 Å². The first-order valence-electron chi connectivity index (χ1n) is 7.95. The van der Waals surface area contributed by atoms with Crippen molar-refractivity contribution in [1.82, 2.24) is 4.90 Å². The summed E-state index contributed by atoms with van der Waals surface area (Å²) in [6.07, 6.45) is 2.95. The molecular formula is C18H12N2O7S2. The van der Waals surface area contributed by atoms with Gasteiger partial charge < -0.3 is 19.9 Å². The molecule has 2 heterocycles. The number of carboxylic acids is 2.